The summed E-state index contributed by atoms with van der Waals surface area (Å²) in [5.41, 5.74) is 1.42. The number of nitrogens with zero attached hydrogens (tertiary/aromatic N) is 2. The Bertz CT molecular complexity index is 553. The molecule has 0 saturated heterocycles. The molecule has 2 aromatic rings. The molecule has 4 nitrogen and oxygen atoms in total. The summed E-state index contributed by atoms with van der Waals surface area (Å²) >= 11 is 0. The van der Waals surface area contributed by atoms with Crippen LogP contribution >= 0.6 is 0 Å². The largest absolute Gasteiger partial charge is 0.508 e. The molecule has 0 fully saturated rings. The van der Waals surface area contributed by atoms with Gasteiger partial charge in [0.25, 0.3) is 0 Å². The number of allylic oxidation sites excluding steroid dienone is 1. The molecule has 1 N–H and O–H groups in total. The van der Waals surface area contributed by atoms with Crippen LogP contribution in [0.15, 0.2) is 42.7 Å². The van der Waals surface area contributed by atoms with Crippen molar-refractivity contribution in [1.82, 2.24) is 9.78 Å². The fraction of sp³-hybridized carbons (Fsp3) is 0.0769. The fourth-order valence-corrected chi connectivity index (χ4v) is 1.42. The zero-order valence-corrected chi connectivity index (χ0v) is 9.37. The maximum atomic E-state index is 11.7. The van der Waals surface area contributed by atoms with Gasteiger partial charge in [0.05, 0.1) is 6.20 Å². The predicted octanol–water partition coefficient (Wildman–Crippen LogP) is 2.02. The van der Waals surface area contributed by atoms with Crippen molar-refractivity contribution >= 4 is 11.9 Å². The molecule has 0 aliphatic heterocycles. The second-order valence-electron chi connectivity index (χ2n) is 3.69. The van der Waals surface area contributed by atoms with Crippen LogP contribution in [0.4, 0.5) is 0 Å². The molecule has 0 spiro atoms. The number of carbonyl (C=O) groups is 1. The van der Waals surface area contributed by atoms with Crippen LogP contribution in [0.25, 0.3) is 6.08 Å². The number of rotatable bonds is 3. The molecular formula is C13H12N2O2. The number of ketones is 1. The third-order valence-corrected chi connectivity index (χ3v) is 2.30. The van der Waals surface area contributed by atoms with Crippen molar-refractivity contribution < 1.29 is 9.90 Å². The number of hydrogen-bond donors (Lipinski definition) is 1. The molecule has 4 heteroatoms. The molecule has 0 aliphatic rings. The van der Waals surface area contributed by atoms with E-state index in [4.69, 9.17) is 5.11 Å². The zero-order valence-electron chi connectivity index (χ0n) is 9.37. The van der Waals surface area contributed by atoms with Crippen molar-refractivity contribution in [3.8, 4) is 5.75 Å². The van der Waals surface area contributed by atoms with E-state index in [0.717, 1.165) is 5.56 Å². The Morgan fingerprint density at radius 1 is 1.35 bits per heavy atom. The standard InChI is InChI=1S/C13H12N2O2/c1-15-9-10(8-14-15)2-7-13(17)11-3-5-12(16)6-4-11/h2-9,16H,1H3/b7-2+. The molecule has 0 unspecified atom stereocenters. The van der Waals surface area contributed by atoms with Gasteiger partial charge in [0.2, 0.25) is 0 Å². The number of carbonyl (C=O) groups excluding carboxylic acids is 1. The van der Waals surface area contributed by atoms with Crippen molar-refractivity contribution in [3.05, 3.63) is 53.9 Å². The van der Waals surface area contributed by atoms with Gasteiger partial charge in [0, 0.05) is 24.4 Å². The lowest BCUT2D eigenvalue weighted by molar-refractivity contribution is 0.104. The Labute approximate surface area is 98.8 Å². The second kappa shape index (κ2) is 4.65. The van der Waals surface area contributed by atoms with Gasteiger partial charge in [-0.15, -0.1) is 0 Å². The molecule has 17 heavy (non-hydrogen) atoms. The first-order valence-electron chi connectivity index (χ1n) is 5.15. The van der Waals surface area contributed by atoms with E-state index in [2.05, 4.69) is 5.10 Å². The van der Waals surface area contributed by atoms with Crippen molar-refractivity contribution in [3.63, 3.8) is 0 Å². The van der Waals surface area contributed by atoms with Gasteiger partial charge in [-0.1, -0.05) is 0 Å². The lowest BCUT2D eigenvalue weighted by atomic mass is 10.1. The lowest BCUT2D eigenvalue weighted by Crippen LogP contribution is -1.92. The van der Waals surface area contributed by atoms with Crippen LogP contribution in [0.2, 0.25) is 0 Å². The van der Waals surface area contributed by atoms with Gasteiger partial charge in [-0.25, -0.2) is 0 Å². The maximum absolute atomic E-state index is 11.7. The summed E-state index contributed by atoms with van der Waals surface area (Å²) in [6.07, 6.45) is 6.70. The average molecular weight is 228 g/mol. The molecule has 0 radical (unpaired) electrons. The molecule has 86 valence electrons. The summed E-state index contributed by atoms with van der Waals surface area (Å²) in [6, 6.07) is 6.16. The van der Waals surface area contributed by atoms with Crippen molar-refractivity contribution in [1.29, 1.82) is 0 Å². The highest BCUT2D eigenvalue weighted by molar-refractivity contribution is 6.06. The Morgan fingerprint density at radius 2 is 2.06 bits per heavy atom. The number of benzene rings is 1. The SMILES string of the molecule is Cn1cc(/C=C/C(=O)c2ccc(O)cc2)cn1. The summed E-state index contributed by atoms with van der Waals surface area (Å²) in [7, 11) is 1.82. The smallest absolute Gasteiger partial charge is 0.185 e. The molecule has 0 amide bonds. The number of hydrogen-bond acceptors (Lipinski definition) is 3. The van der Waals surface area contributed by atoms with E-state index in [9.17, 15) is 4.79 Å². The van der Waals surface area contributed by atoms with E-state index in [1.54, 1.807) is 29.1 Å². The van der Waals surface area contributed by atoms with Crippen molar-refractivity contribution in [2.45, 2.75) is 0 Å². The summed E-state index contributed by atoms with van der Waals surface area (Å²) in [5, 5.41) is 13.1. The maximum Gasteiger partial charge on any atom is 0.185 e. The fourth-order valence-electron chi connectivity index (χ4n) is 1.42. The van der Waals surface area contributed by atoms with Gasteiger partial charge in [0.1, 0.15) is 5.75 Å². The molecule has 0 saturated carbocycles. The van der Waals surface area contributed by atoms with Crippen molar-refractivity contribution in [2.24, 2.45) is 7.05 Å². The number of phenols is 1. The van der Waals surface area contributed by atoms with Crippen molar-refractivity contribution in [2.75, 3.05) is 0 Å². The van der Waals surface area contributed by atoms with E-state index in [1.807, 2.05) is 13.2 Å². The number of aromatic hydroxyl groups is 1. The zero-order chi connectivity index (χ0) is 12.3. The summed E-state index contributed by atoms with van der Waals surface area (Å²) in [5.74, 6) is 0.0478. The van der Waals surface area contributed by atoms with Gasteiger partial charge in [-0.05, 0) is 36.4 Å². The average Bonchev–Trinajstić information content (AvgIpc) is 2.73. The second-order valence-corrected chi connectivity index (χ2v) is 3.69. The first-order chi connectivity index (χ1) is 8.15. The predicted molar refractivity (Wildman–Crippen MR) is 64.7 cm³/mol. The van der Waals surface area contributed by atoms with Crippen LogP contribution in [-0.4, -0.2) is 20.7 Å². The topological polar surface area (TPSA) is 55.1 Å². The Kier molecular flexibility index (Phi) is 3.05. The van der Waals surface area contributed by atoms with E-state index < -0.39 is 0 Å². The van der Waals surface area contributed by atoms with Gasteiger partial charge in [0.15, 0.2) is 5.78 Å². The Morgan fingerprint density at radius 3 is 2.65 bits per heavy atom. The molecule has 2 rings (SSSR count). The van der Waals surface area contributed by atoms with Crippen LogP contribution in [0.3, 0.4) is 0 Å². The highest BCUT2D eigenvalue weighted by Gasteiger charge is 2.01. The lowest BCUT2D eigenvalue weighted by Gasteiger charge is -1.95. The number of aryl methyl sites for hydroxylation is 1. The Balaban J connectivity index is 2.11. The molecule has 1 aromatic carbocycles. The van der Waals surface area contributed by atoms with Crippen LogP contribution in [0.1, 0.15) is 15.9 Å². The number of phenolic OH excluding ortho intramolecular Hbond substituents is 1. The van der Waals surface area contributed by atoms with E-state index in [-0.39, 0.29) is 11.5 Å². The highest BCUT2D eigenvalue weighted by Crippen LogP contribution is 2.11. The minimum atomic E-state index is -0.103. The summed E-state index contributed by atoms with van der Waals surface area (Å²) in [4.78, 5) is 11.7. The van der Waals surface area contributed by atoms with Crippen LogP contribution < -0.4 is 0 Å². The van der Waals surface area contributed by atoms with E-state index in [1.165, 1.54) is 18.2 Å². The van der Waals surface area contributed by atoms with Crippen LogP contribution in [0, 0.1) is 0 Å². The highest BCUT2D eigenvalue weighted by atomic mass is 16.3. The quantitative estimate of drug-likeness (QED) is 0.646. The summed E-state index contributed by atoms with van der Waals surface area (Å²) in [6.45, 7) is 0. The van der Waals surface area contributed by atoms with Gasteiger partial charge < -0.3 is 5.11 Å². The molecule has 0 atom stereocenters. The molecule has 0 aliphatic carbocycles. The van der Waals surface area contributed by atoms with E-state index >= 15 is 0 Å². The Hall–Kier alpha value is -2.36. The molecule has 0 bridgehead atoms. The minimum Gasteiger partial charge on any atom is -0.508 e. The van der Waals surface area contributed by atoms with E-state index in [0.29, 0.717) is 5.56 Å². The third-order valence-electron chi connectivity index (χ3n) is 2.30. The van der Waals surface area contributed by atoms with Gasteiger partial charge in [-0.3, -0.25) is 9.48 Å². The van der Waals surface area contributed by atoms with Crippen LogP contribution in [-0.2, 0) is 7.05 Å². The normalized spacial score (nSPS) is 10.9. The first-order valence-corrected chi connectivity index (χ1v) is 5.15. The monoisotopic (exact) mass is 228 g/mol. The minimum absolute atomic E-state index is 0.103. The number of aromatic nitrogens is 2. The molecule has 1 aromatic heterocycles. The van der Waals surface area contributed by atoms with Gasteiger partial charge in [-0.2, -0.15) is 5.10 Å². The third kappa shape index (κ3) is 2.81. The van der Waals surface area contributed by atoms with Crippen LogP contribution in [0.5, 0.6) is 5.75 Å². The molecule has 1 heterocycles. The molecular weight excluding hydrogens is 216 g/mol. The van der Waals surface area contributed by atoms with Gasteiger partial charge >= 0.3 is 0 Å². The summed E-state index contributed by atoms with van der Waals surface area (Å²) < 4.78 is 1.67. The first kappa shape index (κ1) is 11.1.